The summed E-state index contributed by atoms with van der Waals surface area (Å²) in [5.74, 6) is -0.353. The van der Waals surface area contributed by atoms with Crippen molar-refractivity contribution in [3.8, 4) is 0 Å². The first kappa shape index (κ1) is 23.3. The number of carbonyl (C=O) groups excluding carboxylic acids is 2. The Labute approximate surface area is 196 Å². The first-order valence-corrected chi connectivity index (χ1v) is 13.2. The summed E-state index contributed by atoms with van der Waals surface area (Å²) in [4.78, 5) is 32.4. The van der Waals surface area contributed by atoms with Gasteiger partial charge < -0.3 is 10.2 Å². The lowest BCUT2D eigenvalue weighted by atomic mass is 9.93. The van der Waals surface area contributed by atoms with Gasteiger partial charge in [-0.05, 0) is 30.9 Å². The zero-order valence-corrected chi connectivity index (χ0v) is 20.0. The molecule has 33 heavy (non-hydrogen) atoms. The molecular formula is C21H26N6O4S2. The highest BCUT2D eigenvalue weighted by molar-refractivity contribution is 7.90. The summed E-state index contributed by atoms with van der Waals surface area (Å²) in [6, 6.07) is 5.90. The van der Waals surface area contributed by atoms with E-state index in [0.29, 0.717) is 43.0 Å². The van der Waals surface area contributed by atoms with Crippen LogP contribution in [-0.4, -0.2) is 60.3 Å². The van der Waals surface area contributed by atoms with Gasteiger partial charge in [-0.3, -0.25) is 19.3 Å². The van der Waals surface area contributed by atoms with Crippen molar-refractivity contribution in [2.75, 3.05) is 18.4 Å². The summed E-state index contributed by atoms with van der Waals surface area (Å²) in [6.07, 6.45) is 1.79. The van der Waals surface area contributed by atoms with E-state index in [1.54, 1.807) is 28.6 Å². The zero-order chi connectivity index (χ0) is 23.6. The first-order chi connectivity index (χ1) is 15.8. The predicted molar refractivity (Wildman–Crippen MR) is 124 cm³/mol. The van der Waals surface area contributed by atoms with Gasteiger partial charge in [-0.2, -0.15) is 0 Å². The van der Waals surface area contributed by atoms with E-state index in [-0.39, 0.29) is 34.4 Å². The van der Waals surface area contributed by atoms with Crippen LogP contribution in [0.5, 0.6) is 0 Å². The molecule has 176 valence electrons. The summed E-state index contributed by atoms with van der Waals surface area (Å²) >= 11 is 1.26. The van der Waals surface area contributed by atoms with Crippen LogP contribution < -0.4 is 10.0 Å². The van der Waals surface area contributed by atoms with Crippen molar-refractivity contribution in [1.82, 2.24) is 19.8 Å². The van der Waals surface area contributed by atoms with Gasteiger partial charge in [0.15, 0.2) is 0 Å². The first-order valence-electron chi connectivity index (χ1n) is 10.9. The number of carbonyl (C=O) groups is 2. The van der Waals surface area contributed by atoms with E-state index >= 15 is 0 Å². The Hall–Kier alpha value is -2.86. The summed E-state index contributed by atoms with van der Waals surface area (Å²) < 4.78 is 27.4. The molecule has 0 spiro atoms. The number of nitrogens with zero attached hydrogens (tertiary/aromatic N) is 4. The molecule has 0 unspecified atom stereocenters. The lowest BCUT2D eigenvalue weighted by Crippen LogP contribution is -2.47. The third kappa shape index (κ3) is 4.91. The number of piperidine rings is 1. The number of nitrogens with one attached hydrogen (secondary N) is 2. The van der Waals surface area contributed by atoms with Gasteiger partial charge in [0.05, 0.1) is 4.90 Å². The Morgan fingerprint density at radius 3 is 2.70 bits per heavy atom. The molecule has 0 saturated carbocycles. The third-order valence-corrected chi connectivity index (χ3v) is 8.14. The number of hydrogen-bond acceptors (Lipinski definition) is 8. The minimum absolute atomic E-state index is 0.0827. The van der Waals surface area contributed by atoms with Crippen LogP contribution in [-0.2, 0) is 19.6 Å². The number of anilines is 1. The Bertz CT molecular complexity index is 1160. The van der Waals surface area contributed by atoms with Crippen molar-refractivity contribution < 1.29 is 18.0 Å². The van der Waals surface area contributed by atoms with Gasteiger partial charge in [0.1, 0.15) is 17.4 Å². The van der Waals surface area contributed by atoms with E-state index in [1.165, 1.54) is 17.4 Å². The molecule has 1 saturated heterocycles. The highest BCUT2D eigenvalue weighted by Crippen LogP contribution is 2.26. The van der Waals surface area contributed by atoms with Crippen molar-refractivity contribution in [2.24, 2.45) is 16.8 Å². The Morgan fingerprint density at radius 2 is 2.03 bits per heavy atom. The predicted octanol–water partition coefficient (Wildman–Crippen LogP) is 1.87. The van der Waals surface area contributed by atoms with Crippen molar-refractivity contribution in [1.29, 1.82) is 0 Å². The van der Waals surface area contributed by atoms with E-state index in [4.69, 9.17) is 0 Å². The average Bonchev–Trinajstić information content (AvgIpc) is 3.42. The maximum atomic E-state index is 13.4. The molecule has 0 radical (unpaired) electrons. The van der Waals surface area contributed by atoms with Crippen LogP contribution >= 0.6 is 11.3 Å². The van der Waals surface area contributed by atoms with Gasteiger partial charge in [-0.1, -0.05) is 43.7 Å². The number of rotatable bonds is 6. The second-order valence-electron chi connectivity index (χ2n) is 8.24. The van der Waals surface area contributed by atoms with Gasteiger partial charge in [0.25, 0.3) is 10.0 Å². The molecule has 10 nitrogen and oxygen atoms in total. The number of aliphatic imine (C=N–C) groups is 1. The summed E-state index contributed by atoms with van der Waals surface area (Å²) in [5.41, 5.74) is 2.03. The smallest absolute Gasteiger partial charge is 0.263 e. The van der Waals surface area contributed by atoms with Crippen LogP contribution in [0.25, 0.3) is 0 Å². The second kappa shape index (κ2) is 9.56. The number of likely N-dealkylation sites (tertiary alicyclic amines) is 1. The van der Waals surface area contributed by atoms with Crippen LogP contribution in [0.15, 0.2) is 39.7 Å². The van der Waals surface area contributed by atoms with Crippen molar-refractivity contribution in [3.05, 3.63) is 35.3 Å². The third-order valence-electron chi connectivity index (χ3n) is 6.13. The average molecular weight is 491 g/mol. The maximum Gasteiger partial charge on any atom is 0.263 e. The van der Waals surface area contributed by atoms with Crippen LogP contribution in [0, 0.1) is 11.8 Å². The number of benzene rings is 1. The zero-order valence-electron chi connectivity index (χ0n) is 18.4. The maximum absolute atomic E-state index is 13.4. The van der Waals surface area contributed by atoms with Crippen molar-refractivity contribution >= 4 is 44.1 Å². The normalized spacial score (nSPS) is 20.7. The van der Waals surface area contributed by atoms with Gasteiger partial charge in [-0.15, -0.1) is 10.2 Å². The fraction of sp³-hybridized carbons (Fsp3) is 0.476. The summed E-state index contributed by atoms with van der Waals surface area (Å²) in [7, 11) is -3.68. The molecule has 1 aromatic heterocycles. The quantitative estimate of drug-likeness (QED) is 0.635. The van der Waals surface area contributed by atoms with Crippen LogP contribution in [0.2, 0.25) is 0 Å². The molecule has 2 atom stereocenters. The fourth-order valence-electron chi connectivity index (χ4n) is 4.00. The standard InChI is InChI=1S/C21H26N6O4S2/c1-3-13(2)17(23-18-15-6-4-5-7-16(15)33(30,31)26-18)20(29)27-10-8-14(9-11-27)19(28)24-21-25-22-12-32-21/h4-7,12-14,17H,3,8-11H2,1-2H3,(H,23,26)(H,24,25,28)/t13-,17-/m0/s1. The van der Waals surface area contributed by atoms with Gasteiger partial charge in [0, 0.05) is 24.6 Å². The van der Waals surface area contributed by atoms with E-state index in [1.807, 2.05) is 13.8 Å². The largest absolute Gasteiger partial charge is 0.341 e. The number of hydrogen-bond donors (Lipinski definition) is 2. The van der Waals surface area contributed by atoms with E-state index in [0.717, 1.165) is 0 Å². The van der Waals surface area contributed by atoms with Crippen LogP contribution in [0.4, 0.5) is 5.13 Å². The summed E-state index contributed by atoms with van der Waals surface area (Å²) in [5, 5.41) is 10.8. The minimum atomic E-state index is -3.68. The Morgan fingerprint density at radius 1 is 1.30 bits per heavy atom. The number of amides is 2. The van der Waals surface area contributed by atoms with E-state index in [2.05, 4.69) is 25.2 Å². The Kier molecular flexibility index (Phi) is 6.75. The van der Waals surface area contributed by atoms with Crippen LogP contribution in [0.3, 0.4) is 0 Å². The number of amidine groups is 1. The lowest BCUT2D eigenvalue weighted by Gasteiger charge is -2.34. The molecular weight excluding hydrogens is 464 g/mol. The van der Waals surface area contributed by atoms with Gasteiger partial charge >= 0.3 is 0 Å². The molecule has 2 amide bonds. The molecule has 0 aliphatic carbocycles. The van der Waals surface area contributed by atoms with Crippen molar-refractivity contribution in [2.45, 2.75) is 44.0 Å². The Balaban J connectivity index is 1.47. The second-order valence-corrected chi connectivity index (χ2v) is 10.7. The summed E-state index contributed by atoms with van der Waals surface area (Å²) in [6.45, 7) is 4.78. The monoisotopic (exact) mass is 490 g/mol. The SMILES string of the molecule is CC[C@H](C)[C@H](N=C1NS(=O)(=O)c2ccccc21)C(=O)N1CCC(C(=O)Nc2nncs2)CC1. The minimum Gasteiger partial charge on any atom is -0.341 e. The number of fused-ring (bicyclic) bond motifs is 1. The lowest BCUT2D eigenvalue weighted by molar-refractivity contribution is -0.136. The highest BCUT2D eigenvalue weighted by atomic mass is 32.2. The molecule has 2 aliphatic heterocycles. The molecule has 2 N–H and O–H groups in total. The molecule has 1 aromatic carbocycles. The van der Waals surface area contributed by atoms with Gasteiger partial charge in [0.2, 0.25) is 16.9 Å². The number of aromatic nitrogens is 2. The topological polar surface area (TPSA) is 134 Å². The number of sulfonamides is 1. The van der Waals surface area contributed by atoms with E-state index < -0.39 is 16.1 Å². The molecule has 12 heteroatoms. The molecule has 3 heterocycles. The fourth-order valence-corrected chi connectivity index (χ4v) is 5.69. The highest BCUT2D eigenvalue weighted by Gasteiger charge is 2.36. The van der Waals surface area contributed by atoms with E-state index in [9.17, 15) is 18.0 Å². The molecule has 1 fully saturated rings. The molecule has 4 rings (SSSR count). The molecule has 2 aliphatic rings. The van der Waals surface area contributed by atoms with Crippen molar-refractivity contribution in [3.63, 3.8) is 0 Å². The molecule has 2 aromatic rings. The van der Waals surface area contributed by atoms with Gasteiger partial charge in [-0.25, -0.2) is 8.42 Å². The van der Waals surface area contributed by atoms with Crippen LogP contribution in [0.1, 0.15) is 38.7 Å². The molecule has 0 bridgehead atoms.